The highest BCUT2D eigenvalue weighted by molar-refractivity contribution is 6.20. The first-order valence-electron chi connectivity index (χ1n) is 12.7. The summed E-state index contributed by atoms with van der Waals surface area (Å²) in [6, 6.07) is 13.7. The van der Waals surface area contributed by atoms with Gasteiger partial charge < -0.3 is 19.9 Å². The molecule has 8 nitrogen and oxygen atoms in total. The predicted molar refractivity (Wildman–Crippen MR) is 145 cm³/mol. The van der Waals surface area contributed by atoms with Gasteiger partial charge in [-0.05, 0) is 75.2 Å². The molecule has 0 spiro atoms. The SMILES string of the molecule is CCN1C(=O)C(C)(C)C(=O)N(C)c2cc(OCCCNCc3cccnc3Cc3ccncc3)ccc21. The third-order valence-electron chi connectivity index (χ3n) is 6.72. The number of ether oxygens (including phenoxy) is 1. The topological polar surface area (TPSA) is 87.7 Å². The van der Waals surface area contributed by atoms with Crippen molar-refractivity contribution in [3.63, 3.8) is 0 Å². The molecule has 2 amide bonds. The molecular weight excluding hydrogens is 466 g/mol. The van der Waals surface area contributed by atoms with E-state index < -0.39 is 5.41 Å². The molecule has 3 aromatic rings. The van der Waals surface area contributed by atoms with Crippen LogP contribution in [0, 0.1) is 5.41 Å². The Labute approximate surface area is 218 Å². The van der Waals surface area contributed by atoms with E-state index in [-0.39, 0.29) is 11.8 Å². The lowest BCUT2D eigenvalue weighted by Crippen LogP contribution is -2.47. The molecule has 0 radical (unpaired) electrons. The zero-order valence-electron chi connectivity index (χ0n) is 22.0. The van der Waals surface area contributed by atoms with E-state index in [0.29, 0.717) is 24.6 Å². The zero-order chi connectivity index (χ0) is 26.4. The molecule has 8 heteroatoms. The van der Waals surface area contributed by atoms with E-state index >= 15 is 0 Å². The summed E-state index contributed by atoms with van der Waals surface area (Å²) in [7, 11) is 1.71. The molecule has 1 aliphatic rings. The summed E-state index contributed by atoms with van der Waals surface area (Å²) in [6.07, 6.45) is 7.03. The highest BCUT2D eigenvalue weighted by atomic mass is 16.5. The smallest absolute Gasteiger partial charge is 0.242 e. The van der Waals surface area contributed by atoms with Gasteiger partial charge in [-0.25, -0.2) is 0 Å². The Balaban J connectivity index is 1.31. The third kappa shape index (κ3) is 5.80. The molecule has 0 unspecified atom stereocenters. The molecule has 37 heavy (non-hydrogen) atoms. The van der Waals surface area contributed by atoms with Gasteiger partial charge in [0.25, 0.3) is 0 Å². The molecule has 0 aliphatic carbocycles. The standard InChI is InChI=1S/C29H35N5O3/c1-5-34-25-10-9-23(19-26(25)33(4)27(35)29(2,3)28(34)36)37-17-7-13-31-20-22-8-6-14-32-24(22)18-21-11-15-30-16-12-21/h6,8-12,14-16,19,31H,5,7,13,17-18,20H2,1-4H3. The van der Waals surface area contributed by atoms with Gasteiger partial charge in [0.1, 0.15) is 11.2 Å². The van der Waals surface area contributed by atoms with Crippen LogP contribution in [-0.2, 0) is 22.6 Å². The summed E-state index contributed by atoms with van der Waals surface area (Å²) < 4.78 is 6.00. The molecule has 1 aliphatic heterocycles. The van der Waals surface area contributed by atoms with E-state index in [1.165, 1.54) is 11.1 Å². The van der Waals surface area contributed by atoms with Crippen molar-refractivity contribution in [1.29, 1.82) is 0 Å². The van der Waals surface area contributed by atoms with Crippen molar-refractivity contribution in [3.05, 3.63) is 77.9 Å². The average molecular weight is 502 g/mol. The molecular formula is C29H35N5O3. The molecule has 3 heterocycles. The van der Waals surface area contributed by atoms with E-state index in [4.69, 9.17) is 4.74 Å². The highest BCUT2D eigenvalue weighted by Crippen LogP contribution is 2.40. The monoisotopic (exact) mass is 501 g/mol. The van der Waals surface area contributed by atoms with Crippen molar-refractivity contribution in [3.8, 4) is 5.75 Å². The second kappa shape index (κ2) is 11.5. The van der Waals surface area contributed by atoms with Crippen LogP contribution < -0.4 is 19.9 Å². The van der Waals surface area contributed by atoms with Gasteiger partial charge in [0.05, 0.1) is 18.0 Å². The van der Waals surface area contributed by atoms with Crippen LogP contribution in [0.5, 0.6) is 5.75 Å². The minimum Gasteiger partial charge on any atom is -0.493 e. The molecule has 2 aromatic heterocycles. The summed E-state index contributed by atoms with van der Waals surface area (Å²) in [6.45, 7) is 7.82. The van der Waals surface area contributed by atoms with Gasteiger partial charge >= 0.3 is 0 Å². The fourth-order valence-corrected chi connectivity index (χ4v) is 4.57. The van der Waals surface area contributed by atoms with Crippen molar-refractivity contribution in [2.45, 2.75) is 40.2 Å². The summed E-state index contributed by atoms with van der Waals surface area (Å²) in [5.74, 6) is 0.256. The fourth-order valence-electron chi connectivity index (χ4n) is 4.57. The minimum atomic E-state index is -1.12. The molecule has 0 bridgehead atoms. The van der Waals surface area contributed by atoms with Crippen LogP contribution in [0.1, 0.15) is 44.0 Å². The van der Waals surface area contributed by atoms with Crippen molar-refractivity contribution in [2.24, 2.45) is 5.41 Å². The maximum absolute atomic E-state index is 13.0. The molecule has 0 saturated heterocycles. The molecule has 0 atom stereocenters. The number of nitrogens with zero attached hydrogens (tertiary/aromatic N) is 4. The first kappa shape index (κ1) is 26.3. The Bertz CT molecular complexity index is 1250. The predicted octanol–water partition coefficient (Wildman–Crippen LogP) is 3.98. The van der Waals surface area contributed by atoms with Crippen LogP contribution in [0.15, 0.2) is 61.1 Å². The number of nitrogens with one attached hydrogen (secondary N) is 1. The Hall–Kier alpha value is -3.78. The van der Waals surface area contributed by atoms with Crippen LogP contribution in [-0.4, -0.2) is 48.5 Å². The number of hydrogen-bond donors (Lipinski definition) is 1. The molecule has 1 N–H and O–H groups in total. The lowest BCUT2D eigenvalue weighted by atomic mass is 9.90. The molecule has 4 rings (SSSR count). The number of carbonyl (C=O) groups is 2. The number of hydrogen-bond acceptors (Lipinski definition) is 6. The van der Waals surface area contributed by atoms with Crippen molar-refractivity contribution in [2.75, 3.05) is 36.5 Å². The first-order chi connectivity index (χ1) is 17.8. The quantitative estimate of drug-likeness (QED) is 0.334. The summed E-state index contributed by atoms with van der Waals surface area (Å²) in [5, 5.41) is 3.48. The second-order valence-electron chi connectivity index (χ2n) is 9.71. The van der Waals surface area contributed by atoms with Crippen molar-refractivity contribution < 1.29 is 14.3 Å². The van der Waals surface area contributed by atoms with Gasteiger partial charge in [-0.15, -0.1) is 0 Å². The Morgan fingerprint density at radius 3 is 2.54 bits per heavy atom. The van der Waals surface area contributed by atoms with Crippen LogP contribution in [0.4, 0.5) is 11.4 Å². The summed E-state index contributed by atoms with van der Waals surface area (Å²) in [5.41, 5.74) is 3.71. The van der Waals surface area contributed by atoms with Crippen LogP contribution in [0.25, 0.3) is 0 Å². The number of amides is 2. The number of aromatic nitrogens is 2. The maximum Gasteiger partial charge on any atom is 0.242 e. The molecule has 1 aromatic carbocycles. The zero-order valence-corrected chi connectivity index (χ0v) is 22.0. The second-order valence-corrected chi connectivity index (χ2v) is 9.71. The van der Waals surface area contributed by atoms with Gasteiger partial charge in [-0.3, -0.25) is 19.6 Å². The van der Waals surface area contributed by atoms with Crippen LogP contribution >= 0.6 is 0 Å². The van der Waals surface area contributed by atoms with Gasteiger partial charge in [0.2, 0.25) is 11.8 Å². The van der Waals surface area contributed by atoms with Gasteiger partial charge in [0.15, 0.2) is 0 Å². The molecule has 0 saturated carbocycles. The fraction of sp³-hybridized carbons (Fsp3) is 0.379. The van der Waals surface area contributed by atoms with E-state index in [9.17, 15) is 9.59 Å². The maximum atomic E-state index is 13.0. The number of pyridine rings is 2. The van der Waals surface area contributed by atoms with Crippen molar-refractivity contribution in [1.82, 2.24) is 15.3 Å². The van der Waals surface area contributed by atoms with Crippen LogP contribution in [0.2, 0.25) is 0 Å². The molecule has 194 valence electrons. The van der Waals surface area contributed by atoms with E-state index in [0.717, 1.165) is 37.3 Å². The van der Waals surface area contributed by atoms with Gasteiger partial charge in [0, 0.05) is 56.9 Å². The lowest BCUT2D eigenvalue weighted by molar-refractivity contribution is -0.137. The Morgan fingerprint density at radius 2 is 1.78 bits per heavy atom. The summed E-state index contributed by atoms with van der Waals surface area (Å²) in [4.78, 5) is 37.9. The minimum absolute atomic E-state index is 0.192. The number of fused-ring (bicyclic) bond motifs is 1. The highest BCUT2D eigenvalue weighted by Gasteiger charge is 2.45. The summed E-state index contributed by atoms with van der Waals surface area (Å²) >= 11 is 0. The normalized spacial score (nSPS) is 14.9. The van der Waals surface area contributed by atoms with Crippen LogP contribution in [0.3, 0.4) is 0 Å². The van der Waals surface area contributed by atoms with E-state index in [1.807, 2.05) is 49.5 Å². The first-order valence-corrected chi connectivity index (χ1v) is 12.7. The third-order valence-corrected chi connectivity index (χ3v) is 6.72. The molecule has 0 fully saturated rings. The Morgan fingerprint density at radius 1 is 1.00 bits per heavy atom. The van der Waals surface area contributed by atoms with Crippen molar-refractivity contribution >= 4 is 23.2 Å². The van der Waals surface area contributed by atoms with E-state index in [2.05, 4.69) is 21.4 Å². The largest absolute Gasteiger partial charge is 0.493 e. The Kier molecular flexibility index (Phi) is 8.18. The lowest BCUT2D eigenvalue weighted by Gasteiger charge is -2.27. The number of benzene rings is 1. The number of rotatable bonds is 10. The number of anilines is 2. The number of carbonyl (C=O) groups excluding carboxylic acids is 2. The van der Waals surface area contributed by atoms with E-state index in [1.54, 1.807) is 43.1 Å². The van der Waals surface area contributed by atoms with Gasteiger partial charge in [-0.1, -0.05) is 6.07 Å². The average Bonchev–Trinajstić information content (AvgIpc) is 2.96. The van der Waals surface area contributed by atoms with Gasteiger partial charge in [-0.2, -0.15) is 0 Å².